The lowest BCUT2D eigenvalue weighted by Gasteiger charge is -2.16. The Balaban J connectivity index is 2.05. The lowest BCUT2D eigenvalue weighted by Crippen LogP contribution is -2.26. The van der Waals surface area contributed by atoms with E-state index in [9.17, 15) is 9.90 Å². The second-order valence-electron chi connectivity index (χ2n) is 5.75. The fraction of sp³-hybridized carbons (Fsp3) is 0.316. The third-order valence-electron chi connectivity index (χ3n) is 4.39. The molecule has 0 saturated heterocycles. The van der Waals surface area contributed by atoms with Gasteiger partial charge in [-0.05, 0) is 37.3 Å². The van der Waals surface area contributed by atoms with Crippen LogP contribution in [-0.2, 0) is 13.1 Å². The molecule has 3 rings (SSSR count). The summed E-state index contributed by atoms with van der Waals surface area (Å²) in [6, 6.07) is 12.8. The molecule has 1 heterocycles. The van der Waals surface area contributed by atoms with Crippen LogP contribution < -0.4 is 15.2 Å². The van der Waals surface area contributed by atoms with Crippen LogP contribution in [0.25, 0.3) is 11.0 Å². The van der Waals surface area contributed by atoms with Crippen LogP contribution >= 0.6 is 0 Å². The summed E-state index contributed by atoms with van der Waals surface area (Å²) in [7, 11) is 3.12. The smallest absolute Gasteiger partial charge is 0.329 e. The van der Waals surface area contributed by atoms with Crippen LogP contribution in [0.2, 0.25) is 0 Å². The van der Waals surface area contributed by atoms with Crippen molar-refractivity contribution in [2.75, 3.05) is 14.2 Å². The number of nitrogens with zero attached hydrogens (tertiary/aromatic N) is 2. The van der Waals surface area contributed by atoms with E-state index >= 15 is 0 Å². The van der Waals surface area contributed by atoms with Gasteiger partial charge in [0, 0.05) is 12.1 Å². The van der Waals surface area contributed by atoms with Gasteiger partial charge in [-0.25, -0.2) is 4.79 Å². The van der Waals surface area contributed by atoms with E-state index in [1.807, 2.05) is 31.2 Å². The number of imidazole rings is 1. The Bertz CT molecular complexity index is 942. The number of hydrogen-bond acceptors (Lipinski definition) is 4. The van der Waals surface area contributed by atoms with E-state index in [-0.39, 0.29) is 12.2 Å². The first-order valence-electron chi connectivity index (χ1n) is 8.18. The van der Waals surface area contributed by atoms with Crippen molar-refractivity contribution in [3.8, 4) is 11.5 Å². The minimum Gasteiger partial charge on any atom is -0.497 e. The van der Waals surface area contributed by atoms with Crippen molar-refractivity contribution < 1.29 is 14.6 Å². The standard InChI is InChI=1S/C19H22N2O4/c1-4-20-15-7-5-6-8-16(15)21(19(20)23)12-17(22)14-11-13(24-2)9-10-18(14)25-3/h5-11,17,22H,4,12H2,1-3H3/t17-/m1/s1. The van der Waals surface area contributed by atoms with Gasteiger partial charge in [-0.2, -0.15) is 0 Å². The highest BCUT2D eigenvalue weighted by molar-refractivity contribution is 5.76. The molecule has 132 valence electrons. The lowest BCUT2D eigenvalue weighted by atomic mass is 10.1. The first-order chi connectivity index (χ1) is 12.1. The molecule has 0 aliphatic carbocycles. The van der Waals surface area contributed by atoms with Crippen LogP contribution in [0.5, 0.6) is 11.5 Å². The highest BCUT2D eigenvalue weighted by Crippen LogP contribution is 2.30. The second-order valence-corrected chi connectivity index (χ2v) is 5.75. The number of aliphatic hydroxyl groups is 1. The van der Waals surface area contributed by atoms with E-state index in [1.54, 1.807) is 41.6 Å². The zero-order valence-electron chi connectivity index (χ0n) is 14.6. The van der Waals surface area contributed by atoms with E-state index in [1.165, 1.54) is 0 Å². The van der Waals surface area contributed by atoms with Crippen molar-refractivity contribution in [3.63, 3.8) is 0 Å². The van der Waals surface area contributed by atoms with Gasteiger partial charge in [0.05, 0.1) is 31.8 Å². The predicted octanol–water partition coefficient (Wildman–Crippen LogP) is 2.57. The Hall–Kier alpha value is -2.73. The Morgan fingerprint density at radius 1 is 1.04 bits per heavy atom. The van der Waals surface area contributed by atoms with Crippen molar-refractivity contribution in [2.24, 2.45) is 0 Å². The molecule has 1 atom stereocenters. The molecule has 2 aromatic carbocycles. The molecule has 0 saturated carbocycles. The molecule has 0 radical (unpaired) electrons. The number of ether oxygens (including phenoxy) is 2. The molecular formula is C19H22N2O4. The van der Waals surface area contributed by atoms with Gasteiger partial charge in [0.2, 0.25) is 0 Å². The number of para-hydroxylation sites is 2. The fourth-order valence-corrected chi connectivity index (χ4v) is 3.13. The Labute approximate surface area is 145 Å². The summed E-state index contributed by atoms with van der Waals surface area (Å²) in [4.78, 5) is 12.7. The molecule has 25 heavy (non-hydrogen) atoms. The molecule has 1 aromatic heterocycles. The summed E-state index contributed by atoms with van der Waals surface area (Å²) in [5, 5.41) is 10.8. The van der Waals surface area contributed by atoms with Crippen molar-refractivity contribution in [1.82, 2.24) is 9.13 Å². The van der Waals surface area contributed by atoms with Crippen molar-refractivity contribution in [1.29, 1.82) is 0 Å². The molecule has 0 fully saturated rings. The van der Waals surface area contributed by atoms with Gasteiger partial charge >= 0.3 is 5.69 Å². The summed E-state index contributed by atoms with van der Waals surface area (Å²) < 4.78 is 13.9. The molecule has 0 spiro atoms. The molecule has 0 aliphatic heterocycles. The van der Waals surface area contributed by atoms with Gasteiger partial charge in [-0.3, -0.25) is 9.13 Å². The number of hydrogen-bond donors (Lipinski definition) is 1. The van der Waals surface area contributed by atoms with Crippen molar-refractivity contribution >= 4 is 11.0 Å². The van der Waals surface area contributed by atoms with Crippen molar-refractivity contribution in [3.05, 3.63) is 58.5 Å². The quantitative estimate of drug-likeness (QED) is 0.748. The molecule has 6 nitrogen and oxygen atoms in total. The molecule has 3 aromatic rings. The predicted molar refractivity (Wildman–Crippen MR) is 96.4 cm³/mol. The summed E-state index contributed by atoms with van der Waals surface area (Å²) in [5.41, 5.74) is 2.11. The topological polar surface area (TPSA) is 65.6 Å². The first-order valence-corrected chi connectivity index (χ1v) is 8.18. The highest BCUT2D eigenvalue weighted by atomic mass is 16.5. The van der Waals surface area contributed by atoms with Gasteiger partial charge in [-0.1, -0.05) is 12.1 Å². The van der Waals surface area contributed by atoms with Gasteiger partial charge in [0.1, 0.15) is 17.6 Å². The van der Waals surface area contributed by atoms with Crippen LogP contribution in [0.4, 0.5) is 0 Å². The number of aromatic nitrogens is 2. The van der Waals surface area contributed by atoms with Gasteiger partial charge < -0.3 is 14.6 Å². The van der Waals surface area contributed by atoms with Crippen LogP contribution in [0, 0.1) is 0 Å². The number of aryl methyl sites for hydroxylation is 1. The summed E-state index contributed by atoms with van der Waals surface area (Å²) >= 11 is 0. The van der Waals surface area contributed by atoms with Gasteiger partial charge in [-0.15, -0.1) is 0 Å². The maximum Gasteiger partial charge on any atom is 0.329 e. The van der Waals surface area contributed by atoms with E-state index in [0.717, 1.165) is 11.0 Å². The van der Waals surface area contributed by atoms with E-state index in [0.29, 0.717) is 23.6 Å². The summed E-state index contributed by atoms with van der Waals surface area (Å²) in [5.74, 6) is 1.18. The Kier molecular flexibility index (Phi) is 4.81. The van der Waals surface area contributed by atoms with Crippen LogP contribution in [0.1, 0.15) is 18.6 Å². The number of fused-ring (bicyclic) bond motifs is 1. The average molecular weight is 342 g/mol. The van der Waals surface area contributed by atoms with Gasteiger partial charge in [0.25, 0.3) is 0 Å². The minimum absolute atomic E-state index is 0.135. The normalized spacial score (nSPS) is 12.3. The molecular weight excluding hydrogens is 320 g/mol. The molecule has 0 aliphatic rings. The summed E-state index contributed by atoms with van der Waals surface area (Å²) in [6.07, 6.45) is -0.904. The van der Waals surface area contributed by atoms with Crippen LogP contribution in [0.15, 0.2) is 47.3 Å². The molecule has 6 heteroatoms. The monoisotopic (exact) mass is 342 g/mol. The van der Waals surface area contributed by atoms with Gasteiger partial charge in [0.15, 0.2) is 0 Å². The SMILES string of the molecule is CCn1c(=O)n(C[C@@H](O)c2cc(OC)ccc2OC)c2ccccc21. The zero-order valence-corrected chi connectivity index (χ0v) is 14.6. The Morgan fingerprint density at radius 2 is 1.72 bits per heavy atom. The van der Waals surface area contributed by atoms with E-state index < -0.39 is 6.10 Å². The highest BCUT2D eigenvalue weighted by Gasteiger charge is 2.19. The number of methoxy groups -OCH3 is 2. The average Bonchev–Trinajstić information content (AvgIpc) is 2.92. The Morgan fingerprint density at radius 3 is 2.32 bits per heavy atom. The second kappa shape index (κ2) is 7.03. The maximum absolute atomic E-state index is 12.7. The van der Waals surface area contributed by atoms with E-state index in [4.69, 9.17) is 9.47 Å². The lowest BCUT2D eigenvalue weighted by molar-refractivity contribution is 0.152. The minimum atomic E-state index is -0.904. The maximum atomic E-state index is 12.7. The number of rotatable bonds is 6. The zero-order chi connectivity index (χ0) is 18.0. The van der Waals surface area contributed by atoms with Crippen LogP contribution in [-0.4, -0.2) is 28.5 Å². The van der Waals surface area contributed by atoms with Crippen molar-refractivity contribution in [2.45, 2.75) is 26.1 Å². The largest absolute Gasteiger partial charge is 0.497 e. The van der Waals surface area contributed by atoms with Crippen LogP contribution in [0.3, 0.4) is 0 Å². The molecule has 0 unspecified atom stereocenters. The van der Waals surface area contributed by atoms with E-state index in [2.05, 4.69) is 0 Å². The molecule has 0 bridgehead atoms. The first kappa shape index (κ1) is 17.1. The molecule has 0 amide bonds. The fourth-order valence-electron chi connectivity index (χ4n) is 3.13. The third-order valence-corrected chi connectivity index (χ3v) is 4.39. The molecule has 1 N–H and O–H groups in total. The number of aliphatic hydroxyl groups excluding tert-OH is 1. The summed E-state index contributed by atoms with van der Waals surface area (Å²) in [6.45, 7) is 2.64. The third kappa shape index (κ3) is 3.00. The number of benzene rings is 2.